The maximum atomic E-state index is 15.4. The SMILES string of the molecule is COc1ccc([C@H](c2ccc(Cl)cc2)[C@H](N=[N+]=[N-])C(=O)Cc2cccc(F)c2CC[C@H]2COC(C)(C)N2C(=O)OC(C)(C)C)cn1. The van der Waals surface area contributed by atoms with Crippen LogP contribution in [0.2, 0.25) is 5.02 Å². The number of Topliss-reactive ketones (excluding diaryl/α,β-unsaturated/α-hetero) is 1. The number of hydrogen-bond donors (Lipinski definition) is 0. The maximum Gasteiger partial charge on any atom is 0.412 e. The van der Waals surface area contributed by atoms with E-state index in [1.54, 1.807) is 94.2 Å². The van der Waals surface area contributed by atoms with E-state index in [1.807, 2.05) is 0 Å². The number of hydrogen-bond acceptors (Lipinski definition) is 7. The molecule has 244 valence electrons. The van der Waals surface area contributed by atoms with Crippen molar-refractivity contribution in [2.45, 2.75) is 83.2 Å². The molecular weight excluding hydrogens is 613 g/mol. The van der Waals surface area contributed by atoms with E-state index in [9.17, 15) is 15.1 Å². The van der Waals surface area contributed by atoms with E-state index in [2.05, 4.69) is 15.0 Å². The van der Waals surface area contributed by atoms with Crippen LogP contribution in [0.4, 0.5) is 9.18 Å². The number of ketones is 1. The predicted molar refractivity (Wildman–Crippen MR) is 172 cm³/mol. The Hall–Kier alpha value is -4.18. The Morgan fingerprint density at radius 2 is 1.87 bits per heavy atom. The Kier molecular flexibility index (Phi) is 10.9. The van der Waals surface area contributed by atoms with Gasteiger partial charge in [0, 0.05) is 34.5 Å². The first kappa shape index (κ1) is 34.7. The molecule has 2 aromatic carbocycles. The van der Waals surface area contributed by atoms with Gasteiger partial charge in [0.2, 0.25) is 5.88 Å². The highest BCUT2D eigenvalue weighted by Crippen LogP contribution is 2.34. The lowest BCUT2D eigenvalue weighted by Crippen LogP contribution is -2.50. The van der Waals surface area contributed by atoms with Crippen molar-refractivity contribution in [3.63, 3.8) is 0 Å². The molecule has 0 unspecified atom stereocenters. The molecule has 3 aromatic rings. The Bertz CT molecular complexity index is 1590. The molecule has 2 heterocycles. The first-order valence-corrected chi connectivity index (χ1v) is 15.4. The standard InChI is InChI=1S/C34H39ClFN5O5/c1-33(2,3)46-32(43)41-25(20-45-34(41,4)5)15-16-26-22(8-7-9-27(26)36)18-28(42)31(39-40-37)30(21-10-13-24(35)14-11-21)23-12-17-29(44-6)38-19-23/h7-14,17,19,25,30-31H,15-16,18,20H2,1-6H3/t25-,30-,31+/m0/s1. The Morgan fingerprint density at radius 1 is 1.17 bits per heavy atom. The number of pyridine rings is 1. The lowest BCUT2D eigenvalue weighted by Gasteiger charge is -2.35. The van der Waals surface area contributed by atoms with Gasteiger partial charge in [-0.05, 0) is 93.4 Å². The van der Waals surface area contributed by atoms with Gasteiger partial charge in [-0.15, -0.1) is 0 Å². The second kappa shape index (κ2) is 14.5. The monoisotopic (exact) mass is 651 g/mol. The van der Waals surface area contributed by atoms with Crippen molar-refractivity contribution in [3.05, 3.63) is 104 Å². The van der Waals surface area contributed by atoms with Crippen LogP contribution in [0, 0.1) is 5.82 Å². The summed E-state index contributed by atoms with van der Waals surface area (Å²) in [6, 6.07) is 13.4. The molecule has 4 rings (SSSR count). The number of carbonyl (C=O) groups is 2. The number of carbonyl (C=O) groups excluding carboxylic acids is 2. The lowest BCUT2D eigenvalue weighted by atomic mass is 9.82. The van der Waals surface area contributed by atoms with Crippen LogP contribution in [-0.2, 0) is 27.1 Å². The van der Waals surface area contributed by atoms with Crippen molar-refractivity contribution < 1.29 is 28.2 Å². The quantitative estimate of drug-likeness (QED) is 0.118. The molecule has 46 heavy (non-hydrogen) atoms. The molecule has 0 aliphatic carbocycles. The molecule has 3 atom stereocenters. The molecule has 1 aromatic heterocycles. The molecule has 0 radical (unpaired) electrons. The molecule has 0 bridgehead atoms. The van der Waals surface area contributed by atoms with Crippen LogP contribution in [0.15, 0.2) is 65.9 Å². The van der Waals surface area contributed by atoms with Crippen molar-refractivity contribution in [1.29, 1.82) is 0 Å². The third-order valence-corrected chi connectivity index (χ3v) is 8.10. The number of rotatable bonds is 11. The highest BCUT2D eigenvalue weighted by molar-refractivity contribution is 6.30. The number of azide groups is 1. The first-order chi connectivity index (χ1) is 21.7. The number of halogens is 2. The summed E-state index contributed by atoms with van der Waals surface area (Å²) in [4.78, 5) is 36.0. The van der Waals surface area contributed by atoms with Gasteiger partial charge in [0.25, 0.3) is 0 Å². The average molecular weight is 652 g/mol. The zero-order valence-electron chi connectivity index (χ0n) is 26.9. The highest BCUT2D eigenvalue weighted by Gasteiger charge is 2.45. The zero-order chi connectivity index (χ0) is 33.6. The number of aromatic nitrogens is 1. The van der Waals surface area contributed by atoms with Crippen LogP contribution in [0.3, 0.4) is 0 Å². The van der Waals surface area contributed by atoms with Gasteiger partial charge in [-0.2, -0.15) is 0 Å². The summed E-state index contributed by atoms with van der Waals surface area (Å²) < 4.78 is 32.1. The fraction of sp³-hybridized carbons (Fsp3) is 0.441. The van der Waals surface area contributed by atoms with E-state index < -0.39 is 41.0 Å². The molecule has 1 amide bonds. The summed E-state index contributed by atoms with van der Waals surface area (Å²) in [5.41, 5.74) is 10.1. The van der Waals surface area contributed by atoms with Crippen molar-refractivity contribution in [1.82, 2.24) is 9.88 Å². The third-order valence-electron chi connectivity index (χ3n) is 7.85. The van der Waals surface area contributed by atoms with Gasteiger partial charge in [-0.3, -0.25) is 9.69 Å². The summed E-state index contributed by atoms with van der Waals surface area (Å²) in [5.74, 6) is -1.19. The average Bonchev–Trinajstić information content (AvgIpc) is 3.30. The van der Waals surface area contributed by atoms with E-state index in [4.69, 9.17) is 25.8 Å². The lowest BCUT2D eigenvalue weighted by molar-refractivity contribution is -0.119. The fourth-order valence-corrected chi connectivity index (χ4v) is 5.85. The molecule has 1 aliphatic heterocycles. The summed E-state index contributed by atoms with van der Waals surface area (Å²) in [6.45, 7) is 9.20. The maximum absolute atomic E-state index is 15.4. The summed E-state index contributed by atoms with van der Waals surface area (Å²) in [7, 11) is 1.50. The van der Waals surface area contributed by atoms with Crippen molar-refractivity contribution in [3.8, 4) is 5.88 Å². The number of ether oxygens (including phenoxy) is 3. The molecule has 0 saturated carbocycles. The van der Waals surface area contributed by atoms with E-state index in [0.29, 0.717) is 39.6 Å². The van der Waals surface area contributed by atoms with Gasteiger partial charge in [0.1, 0.15) is 29.0 Å². The Balaban J connectivity index is 1.62. The van der Waals surface area contributed by atoms with Crippen LogP contribution >= 0.6 is 11.6 Å². The summed E-state index contributed by atoms with van der Waals surface area (Å²) >= 11 is 6.14. The minimum atomic E-state index is -1.18. The van der Waals surface area contributed by atoms with E-state index >= 15 is 4.39 Å². The summed E-state index contributed by atoms with van der Waals surface area (Å²) in [5, 5.41) is 4.45. The Labute approximate surface area is 273 Å². The minimum Gasteiger partial charge on any atom is -0.481 e. The number of nitrogens with zero attached hydrogens (tertiary/aromatic N) is 5. The second-order valence-electron chi connectivity index (χ2n) is 12.6. The molecular formula is C34H39ClFN5O5. The van der Waals surface area contributed by atoms with Crippen LogP contribution in [0.5, 0.6) is 5.88 Å². The second-order valence-corrected chi connectivity index (χ2v) is 13.1. The van der Waals surface area contributed by atoms with E-state index in [-0.39, 0.29) is 25.5 Å². The van der Waals surface area contributed by atoms with Gasteiger partial charge < -0.3 is 14.2 Å². The fourth-order valence-electron chi connectivity index (χ4n) is 5.72. The normalized spacial score (nSPS) is 17.1. The molecule has 0 N–H and O–H groups in total. The predicted octanol–water partition coefficient (Wildman–Crippen LogP) is 7.81. The van der Waals surface area contributed by atoms with Gasteiger partial charge in [-0.1, -0.05) is 47.0 Å². The van der Waals surface area contributed by atoms with Crippen molar-refractivity contribution >= 4 is 23.5 Å². The van der Waals surface area contributed by atoms with E-state index in [1.165, 1.54) is 13.2 Å². The molecule has 0 spiro atoms. The summed E-state index contributed by atoms with van der Waals surface area (Å²) in [6.07, 6.45) is 1.47. The van der Waals surface area contributed by atoms with E-state index in [0.717, 1.165) is 0 Å². The Morgan fingerprint density at radius 3 is 2.48 bits per heavy atom. The zero-order valence-corrected chi connectivity index (χ0v) is 27.6. The van der Waals surface area contributed by atoms with Gasteiger partial charge in [0.05, 0.1) is 19.8 Å². The van der Waals surface area contributed by atoms with Crippen molar-refractivity contribution in [2.24, 2.45) is 5.11 Å². The van der Waals surface area contributed by atoms with Crippen LogP contribution in [-0.4, -0.2) is 58.9 Å². The number of methoxy groups -OCH3 is 1. The topological polar surface area (TPSA) is 127 Å². The highest BCUT2D eigenvalue weighted by atomic mass is 35.5. The van der Waals surface area contributed by atoms with Gasteiger partial charge in [-0.25, -0.2) is 14.2 Å². The van der Waals surface area contributed by atoms with Crippen molar-refractivity contribution in [2.75, 3.05) is 13.7 Å². The van der Waals surface area contributed by atoms with Gasteiger partial charge in [0.15, 0.2) is 0 Å². The number of amides is 1. The van der Waals surface area contributed by atoms with Gasteiger partial charge >= 0.3 is 6.09 Å². The molecule has 1 fully saturated rings. The smallest absolute Gasteiger partial charge is 0.412 e. The van der Waals surface area contributed by atoms with Crippen LogP contribution in [0.1, 0.15) is 69.2 Å². The largest absolute Gasteiger partial charge is 0.481 e. The molecule has 12 heteroatoms. The van der Waals surface area contributed by atoms with Crippen LogP contribution < -0.4 is 4.74 Å². The number of benzene rings is 2. The molecule has 1 aliphatic rings. The molecule has 1 saturated heterocycles. The van der Waals surface area contributed by atoms with Crippen LogP contribution in [0.25, 0.3) is 10.4 Å². The minimum absolute atomic E-state index is 0.188. The molecule has 10 nitrogen and oxygen atoms in total. The first-order valence-electron chi connectivity index (χ1n) is 15.0. The third kappa shape index (κ3) is 8.34.